The number of aliphatic hydroxyl groups is 2. The van der Waals surface area contributed by atoms with Crippen molar-refractivity contribution in [2.45, 2.75) is 31.8 Å². The number of hydrogen-bond donors (Lipinski definition) is 2. The maximum atomic E-state index is 11.8. The maximum absolute atomic E-state index is 11.8. The van der Waals surface area contributed by atoms with E-state index in [1.165, 1.54) is 7.11 Å². The predicted octanol–water partition coefficient (Wildman–Crippen LogP) is 1.83. The largest absolute Gasteiger partial charge is 0.504 e. The molecule has 21 heavy (non-hydrogen) atoms. The SMILES string of the molecule is C=CC1(C)CC2(O)CC(=O)C(O)=C2CC1C(=C)C(=O)OC. The molecule has 0 saturated heterocycles. The van der Waals surface area contributed by atoms with Crippen molar-refractivity contribution in [1.82, 2.24) is 0 Å². The Kier molecular flexibility index (Phi) is 3.58. The fourth-order valence-electron chi connectivity index (χ4n) is 3.50. The fraction of sp³-hybridized carbons (Fsp3) is 0.500. The number of fused-ring (bicyclic) bond motifs is 1. The van der Waals surface area contributed by atoms with Gasteiger partial charge in [-0.3, -0.25) is 4.79 Å². The standard InChI is InChI=1S/C16H20O5/c1-5-15(3)8-16(20)7-12(17)13(18)11(16)6-10(15)9(2)14(19)21-4/h5,10,18,20H,1-2,6-8H2,3-4H3. The van der Waals surface area contributed by atoms with Crippen LogP contribution in [0.15, 0.2) is 36.1 Å². The first kappa shape index (κ1) is 15.5. The van der Waals surface area contributed by atoms with Crippen molar-refractivity contribution in [2.75, 3.05) is 7.11 Å². The Bertz CT molecular complexity index is 573. The van der Waals surface area contributed by atoms with Crippen molar-refractivity contribution in [3.05, 3.63) is 36.1 Å². The summed E-state index contributed by atoms with van der Waals surface area (Å²) in [6.07, 6.45) is 1.93. The van der Waals surface area contributed by atoms with E-state index in [1.807, 2.05) is 6.92 Å². The van der Waals surface area contributed by atoms with Crippen LogP contribution in [0.2, 0.25) is 0 Å². The summed E-state index contributed by atoms with van der Waals surface area (Å²) in [5, 5.41) is 20.6. The van der Waals surface area contributed by atoms with E-state index in [-0.39, 0.29) is 36.5 Å². The molecule has 0 heterocycles. The van der Waals surface area contributed by atoms with Crippen LogP contribution in [0.4, 0.5) is 0 Å². The number of rotatable bonds is 3. The van der Waals surface area contributed by atoms with Gasteiger partial charge in [0.15, 0.2) is 11.5 Å². The van der Waals surface area contributed by atoms with Crippen LogP contribution in [0.3, 0.4) is 0 Å². The van der Waals surface area contributed by atoms with Crippen LogP contribution in [0, 0.1) is 11.3 Å². The Morgan fingerprint density at radius 1 is 1.52 bits per heavy atom. The molecule has 5 heteroatoms. The highest BCUT2D eigenvalue weighted by atomic mass is 16.5. The zero-order valence-corrected chi connectivity index (χ0v) is 12.3. The molecule has 2 aliphatic rings. The lowest BCUT2D eigenvalue weighted by Crippen LogP contribution is -2.46. The maximum Gasteiger partial charge on any atom is 0.333 e. The second kappa shape index (κ2) is 4.84. The van der Waals surface area contributed by atoms with Crippen molar-refractivity contribution in [2.24, 2.45) is 11.3 Å². The average molecular weight is 292 g/mol. The van der Waals surface area contributed by atoms with Crippen molar-refractivity contribution < 1.29 is 24.5 Å². The Labute approximate surface area is 123 Å². The monoisotopic (exact) mass is 292 g/mol. The zero-order valence-electron chi connectivity index (χ0n) is 12.3. The third-order valence-corrected chi connectivity index (χ3v) is 4.78. The summed E-state index contributed by atoms with van der Waals surface area (Å²) in [4.78, 5) is 23.5. The lowest BCUT2D eigenvalue weighted by molar-refractivity contribution is -0.137. The number of hydrogen-bond acceptors (Lipinski definition) is 5. The van der Waals surface area contributed by atoms with Gasteiger partial charge in [0.05, 0.1) is 12.7 Å². The summed E-state index contributed by atoms with van der Waals surface area (Å²) in [6.45, 7) is 9.42. The summed E-state index contributed by atoms with van der Waals surface area (Å²) >= 11 is 0. The number of Topliss-reactive ketones (excluding diaryl/α,β-unsaturated/α-hetero) is 1. The molecule has 0 aromatic carbocycles. The van der Waals surface area contributed by atoms with Crippen molar-refractivity contribution in [3.8, 4) is 0 Å². The van der Waals surface area contributed by atoms with Gasteiger partial charge >= 0.3 is 5.97 Å². The molecule has 0 amide bonds. The number of aliphatic hydroxyl groups excluding tert-OH is 1. The highest BCUT2D eigenvalue weighted by molar-refractivity contribution is 5.98. The number of allylic oxidation sites excluding steroid dienone is 2. The van der Waals surface area contributed by atoms with E-state index in [2.05, 4.69) is 13.2 Å². The first-order valence-corrected chi connectivity index (χ1v) is 6.77. The average Bonchev–Trinajstić information content (AvgIpc) is 2.65. The lowest BCUT2D eigenvalue weighted by Gasteiger charge is -2.46. The molecule has 0 radical (unpaired) electrons. The van der Waals surface area contributed by atoms with Crippen molar-refractivity contribution >= 4 is 11.8 Å². The highest BCUT2D eigenvalue weighted by Gasteiger charge is 2.55. The molecule has 1 saturated carbocycles. The Morgan fingerprint density at radius 3 is 2.67 bits per heavy atom. The molecule has 0 aromatic heterocycles. The molecule has 0 aromatic rings. The summed E-state index contributed by atoms with van der Waals surface area (Å²) in [7, 11) is 1.27. The minimum absolute atomic E-state index is 0.130. The van der Waals surface area contributed by atoms with Crippen LogP contribution in [-0.4, -0.2) is 34.7 Å². The number of methoxy groups -OCH3 is 1. The van der Waals surface area contributed by atoms with E-state index in [0.29, 0.717) is 5.57 Å². The molecule has 3 atom stereocenters. The summed E-state index contributed by atoms with van der Waals surface area (Å²) in [6, 6.07) is 0. The van der Waals surface area contributed by atoms with Gasteiger partial charge in [-0.1, -0.05) is 19.6 Å². The fourth-order valence-corrected chi connectivity index (χ4v) is 3.50. The first-order valence-electron chi connectivity index (χ1n) is 6.77. The first-order chi connectivity index (χ1) is 9.68. The minimum atomic E-state index is -1.36. The minimum Gasteiger partial charge on any atom is -0.504 e. The van der Waals surface area contributed by atoms with Gasteiger partial charge in [0.1, 0.15) is 0 Å². The second-order valence-corrected chi connectivity index (χ2v) is 6.12. The molecule has 2 rings (SSSR count). The van der Waals surface area contributed by atoms with E-state index in [4.69, 9.17) is 4.74 Å². The second-order valence-electron chi connectivity index (χ2n) is 6.12. The van der Waals surface area contributed by atoms with Crippen LogP contribution in [0.1, 0.15) is 26.2 Å². The number of esters is 1. The third-order valence-electron chi connectivity index (χ3n) is 4.78. The number of carbonyl (C=O) groups is 2. The normalized spacial score (nSPS) is 35.4. The molecule has 0 aliphatic heterocycles. The van der Waals surface area contributed by atoms with E-state index < -0.39 is 22.8 Å². The van der Waals surface area contributed by atoms with Gasteiger partial charge in [-0.2, -0.15) is 0 Å². The Hall–Kier alpha value is -1.88. The molecular weight excluding hydrogens is 272 g/mol. The summed E-state index contributed by atoms with van der Waals surface area (Å²) in [5.41, 5.74) is -1.44. The van der Waals surface area contributed by atoms with Crippen LogP contribution in [0.5, 0.6) is 0 Å². The Balaban J connectivity index is 2.47. The van der Waals surface area contributed by atoms with Crippen molar-refractivity contribution in [3.63, 3.8) is 0 Å². The van der Waals surface area contributed by atoms with Gasteiger partial charge in [0, 0.05) is 23.5 Å². The van der Waals surface area contributed by atoms with E-state index in [0.717, 1.165) is 0 Å². The number of carbonyl (C=O) groups excluding carboxylic acids is 2. The van der Waals surface area contributed by atoms with Gasteiger partial charge in [-0.15, -0.1) is 6.58 Å². The molecule has 2 N–H and O–H groups in total. The molecular formula is C16H20O5. The van der Waals surface area contributed by atoms with Gasteiger partial charge in [-0.25, -0.2) is 4.79 Å². The Morgan fingerprint density at radius 2 is 2.14 bits per heavy atom. The smallest absolute Gasteiger partial charge is 0.333 e. The predicted molar refractivity (Wildman–Crippen MR) is 76.4 cm³/mol. The molecule has 2 aliphatic carbocycles. The van der Waals surface area contributed by atoms with Gasteiger partial charge in [-0.05, 0) is 18.3 Å². The molecule has 114 valence electrons. The number of ketones is 1. The van der Waals surface area contributed by atoms with Crippen LogP contribution >= 0.6 is 0 Å². The van der Waals surface area contributed by atoms with E-state index in [9.17, 15) is 19.8 Å². The zero-order chi connectivity index (χ0) is 16.0. The molecule has 1 fully saturated rings. The van der Waals surface area contributed by atoms with E-state index >= 15 is 0 Å². The van der Waals surface area contributed by atoms with Gasteiger partial charge in [0.25, 0.3) is 0 Å². The lowest BCUT2D eigenvalue weighted by atomic mass is 9.59. The number of ether oxygens (including phenoxy) is 1. The topological polar surface area (TPSA) is 83.8 Å². The van der Waals surface area contributed by atoms with E-state index in [1.54, 1.807) is 6.08 Å². The molecule has 5 nitrogen and oxygen atoms in total. The van der Waals surface area contributed by atoms with Gasteiger partial charge in [0.2, 0.25) is 0 Å². The molecule has 0 spiro atoms. The molecule has 0 bridgehead atoms. The van der Waals surface area contributed by atoms with Crippen LogP contribution < -0.4 is 0 Å². The van der Waals surface area contributed by atoms with Crippen molar-refractivity contribution in [1.29, 1.82) is 0 Å². The molecule has 3 unspecified atom stereocenters. The van der Waals surface area contributed by atoms with Crippen LogP contribution in [-0.2, 0) is 14.3 Å². The van der Waals surface area contributed by atoms with Gasteiger partial charge < -0.3 is 14.9 Å². The summed E-state index contributed by atoms with van der Waals surface area (Å²) < 4.78 is 4.71. The quantitative estimate of drug-likeness (QED) is 0.471. The summed E-state index contributed by atoms with van der Waals surface area (Å²) in [5.74, 6) is -1.77. The van der Waals surface area contributed by atoms with Crippen LogP contribution in [0.25, 0.3) is 0 Å². The third kappa shape index (κ3) is 2.21. The highest BCUT2D eigenvalue weighted by Crippen LogP contribution is 2.55.